The average molecular weight is 345 g/mol. The number of carbonyl (C=O) groups excluding carboxylic acids is 1. The molecule has 5 nitrogen and oxygen atoms in total. The average Bonchev–Trinajstić information content (AvgIpc) is 3.36. The fourth-order valence-electron chi connectivity index (χ4n) is 5.49. The number of carbonyl (C=O) groups is 1. The fourth-order valence-corrected chi connectivity index (χ4v) is 5.49. The maximum absolute atomic E-state index is 13.0. The molecule has 0 radical (unpaired) electrons. The van der Waals surface area contributed by atoms with Crippen LogP contribution in [0.1, 0.15) is 88.7 Å². The van der Waals surface area contributed by atoms with Crippen LogP contribution in [0.25, 0.3) is 0 Å². The van der Waals surface area contributed by atoms with Crippen LogP contribution >= 0.6 is 0 Å². The highest BCUT2D eigenvalue weighted by Crippen LogP contribution is 2.52. The summed E-state index contributed by atoms with van der Waals surface area (Å²) in [5.74, 6) is 3.24. The molecule has 5 heteroatoms. The number of amides is 1. The predicted molar refractivity (Wildman–Crippen MR) is 97.2 cm³/mol. The zero-order chi connectivity index (χ0) is 17.3. The molecule has 25 heavy (non-hydrogen) atoms. The van der Waals surface area contributed by atoms with Gasteiger partial charge in [-0.25, -0.2) is 4.98 Å². The van der Waals surface area contributed by atoms with Crippen molar-refractivity contribution in [3.63, 3.8) is 0 Å². The van der Waals surface area contributed by atoms with Crippen molar-refractivity contribution in [2.45, 2.75) is 83.5 Å². The molecule has 1 spiro atoms. The van der Waals surface area contributed by atoms with Crippen molar-refractivity contribution in [1.29, 1.82) is 0 Å². The molecule has 1 saturated heterocycles. The van der Waals surface area contributed by atoms with E-state index in [1.165, 1.54) is 57.8 Å². The topological polar surface area (TPSA) is 61.9 Å². The highest BCUT2D eigenvalue weighted by Gasteiger charge is 2.51. The van der Waals surface area contributed by atoms with E-state index in [4.69, 9.17) is 4.98 Å². The number of nitrogens with one attached hydrogen (secondary N) is 1. The molecule has 1 aromatic rings. The van der Waals surface area contributed by atoms with E-state index in [0.29, 0.717) is 17.7 Å². The van der Waals surface area contributed by atoms with E-state index in [2.05, 4.69) is 22.0 Å². The zero-order valence-electron chi connectivity index (χ0n) is 15.6. The first-order valence-corrected chi connectivity index (χ1v) is 10.4. The lowest BCUT2D eigenvalue weighted by atomic mass is 9.76. The lowest BCUT2D eigenvalue weighted by Gasteiger charge is -2.28. The molecule has 2 aliphatic carbocycles. The van der Waals surface area contributed by atoms with E-state index < -0.39 is 0 Å². The standard InChI is InChI=1S/C20H32N4O/c1-2-17-21-19(23-22-17)16-13-24(14-20(16)10-6-7-11-20)18(25)12-15-8-4-3-5-9-15/h15-16H,2-14H2,1H3,(H,21,22,23). The maximum Gasteiger partial charge on any atom is 0.222 e. The monoisotopic (exact) mass is 344 g/mol. The summed E-state index contributed by atoms with van der Waals surface area (Å²) in [6.07, 6.45) is 13.1. The molecular formula is C20H32N4O. The minimum Gasteiger partial charge on any atom is -0.341 e. The Labute approximate surface area is 151 Å². The SMILES string of the molecule is CCc1nc(C2CN(C(=O)CC3CCCCC3)CC23CCCC3)n[nH]1. The van der Waals surface area contributed by atoms with Gasteiger partial charge in [-0.15, -0.1) is 0 Å². The van der Waals surface area contributed by atoms with Gasteiger partial charge in [0.05, 0.1) is 0 Å². The summed E-state index contributed by atoms with van der Waals surface area (Å²) >= 11 is 0. The second kappa shape index (κ2) is 7.08. The van der Waals surface area contributed by atoms with Gasteiger partial charge in [0.25, 0.3) is 0 Å². The first kappa shape index (κ1) is 17.0. The van der Waals surface area contributed by atoms with E-state index >= 15 is 0 Å². The molecule has 138 valence electrons. The van der Waals surface area contributed by atoms with Crippen LogP contribution in [0.15, 0.2) is 0 Å². The molecule has 2 saturated carbocycles. The lowest BCUT2D eigenvalue weighted by Crippen LogP contribution is -2.32. The van der Waals surface area contributed by atoms with Crippen molar-refractivity contribution in [1.82, 2.24) is 20.1 Å². The van der Waals surface area contributed by atoms with Gasteiger partial charge in [-0.3, -0.25) is 9.89 Å². The number of aryl methyl sites for hydroxylation is 1. The van der Waals surface area contributed by atoms with Gasteiger partial charge < -0.3 is 4.90 Å². The van der Waals surface area contributed by atoms with Crippen LogP contribution in [0, 0.1) is 11.3 Å². The number of aromatic nitrogens is 3. The largest absolute Gasteiger partial charge is 0.341 e. The number of hydrogen-bond acceptors (Lipinski definition) is 3. The molecule has 1 aromatic heterocycles. The Bertz CT molecular complexity index is 599. The second-order valence-electron chi connectivity index (χ2n) is 8.60. The van der Waals surface area contributed by atoms with Gasteiger partial charge in [-0.05, 0) is 37.0 Å². The molecule has 1 aliphatic heterocycles. The summed E-state index contributed by atoms with van der Waals surface area (Å²) < 4.78 is 0. The smallest absolute Gasteiger partial charge is 0.222 e. The van der Waals surface area contributed by atoms with Gasteiger partial charge in [0.2, 0.25) is 5.91 Å². The van der Waals surface area contributed by atoms with Crippen LogP contribution in [0.5, 0.6) is 0 Å². The van der Waals surface area contributed by atoms with Gasteiger partial charge in [0, 0.05) is 31.8 Å². The van der Waals surface area contributed by atoms with Crippen LogP contribution < -0.4 is 0 Å². The molecule has 1 N–H and O–H groups in total. The Kier molecular flexibility index (Phi) is 4.83. The van der Waals surface area contributed by atoms with Crippen molar-refractivity contribution in [3.8, 4) is 0 Å². The van der Waals surface area contributed by atoms with Crippen molar-refractivity contribution in [2.75, 3.05) is 13.1 Å². The van der Waals surface area contributed by atoms with Gasteiger partial charge in [0.15, 0.2) is 5.82 Å². The molecule has 1 amide bonds. The molecule has 0 aromatic carbocycles. The molecule has 1 unspecified atom stereocenters. The Morgan fingerprint density at radius 1 is 1.20 bits per heavy atom. The predicted octanol–water partition coefficient (Wildman–Crippen LogP) is 3.82. The molecule has 3 aliphatic rings. The molecular weight excluding hydrogens is 312 g/mol. The van der Waals surface area contributed by atoms with Crippen molar-refractivity contribution in [3.05, 3.63) is 11.6 Å². The molecule has 2 heterocycles. The van der Waals surface area contributed by atoms with Crippen molar-refractivity contribution >= 4 is 5.91 Å². The third-order valence-corrected chi connectivity index (χ3v) is 6.98. The van der Waals surface area contributed by atoms with E-state index in [9.17, 15) is 4.79 Å². The third-order valence-electron chi connectivity index (χ3n) is 6.98. The van der Waals surface area contributed by atoms with Crippen LogP contribution in [0.3, 0.4) is 0 Å². The van der Waals surface area contributed by atoms with Gasteiger partial charge >= 0.3 is 0 Å². The minimum atomic E-state index is 0.232. The maximum atomic E-state index is 13.0. The first-order valence-electron chi connectivity index (χ1n) is 10.4. The quantitative estimate of drug-likeness (QED) is 0.903. The van der Waals surface area contributed by atoms with Crippen molar-refractivity contribution < 1.29 is 4.79 Å². The van der Waals surface area contributed by atoms with Gasteiger partial charge in [-0.1, -0.05) is 39.0 Å². The number of likely N-dealkylation sites (tertiary alicyclic amines) is 1. The number of aromatic amines is 1. The normalized spacial score (nSPS) is 26.6. The number of hydrogen-bond donors (Lipinski definition) is 1. The molecule has 0 bridgehead atoms. The summed E-state index contributed by atoms with van der Waals surface area (Å²) in [6, 6.07) is 0. The summed E-state index contributed by atoms with van der Waals surface area (Å²) in [4.78, 5) is 19.9. The second-order valence-corrected chi connectivity index (χ2v) is 8.60. The van der Waals surface area contributed by atoms with Gasteiger partial charge in [-0.2, -0.15) is 5.10 Å². The highest BCUT2D eigenvalue weighted by molar-refractivity contribution is 5.77. The Morgan fingerprint density at radius 3 is 2.64 bits per heavy atom. The summed E-state index contributed by atoms with van der Waals surface area (Å²) in [6.45, 7) is 3.86. The van der Waals surface area contributed by atoms with Gasteiger partial charge in [0.1, 0.15) is 5.82 Å². The number of rotatable bonds is 4. The van der Waals surface area contributed by atoms with E-state index in [1.54, 1.807) is 0 Å². The lowest BCUT2D eigenvalue weighted by molar-refractivity contribution is -0.131. The Balaban J connectivity index is 1.48. The van der Waals surface area contributed by atoms with E-state index in [-0.39, 0.29) is 5.41 Å². The molecule has 1 atom stereocenters. The summed E-state index contributed by atoms with van der Waals surface area (Å²) in [7, 11) is 0. The first-order chi connectivity index (χ1) is 12.2. The van der Waals surface area contributed by atoms with Crippen LogP contribution in [-0.4, -0.2) is 39.1 Å². The summed E-state index contributed by atoms with van der Waals surface area (Å²) in [5, 5.41) is 7.61. The van der Waals surface area contributed by atoms with E-state index in [1.807, 2.05) is 0 Å². The number of H-pyrrole nitrogens is 1. The Hall–Kier alpha value is -1.39. The molecule has 4 rings (SSSR count). The Morgan fingerprint density at radius 2 is 1.96 bits per heavy atom. The van der Waals surface area contributed by atoms with Crippen LogP contribution in [0.2, 0.25) is 0 Å². The fraction of sp³-hybridized carbons (Fsp3) is 0.850. The molecule has 3 fully saturated rings. The third kappa shape index (κ3) is 3.34. The highest BCUT2D eigenvalue weighted by atomic mass is 16.2. The van der Waals surface area contributed by atoms with Crippen molar-refractivity contribution in [2.24, 2.45) is 11.3 Å². The van der Waals surface area contributed by atoms with Crippen LogP contribution in [0.4, 0.5) is 0 Å². The minimum absolute atomic E-state index is 0.232. The number of nitrogens with zero attached hydrogens (tertiary/aromatic N) is 3. The summed E-state index contributed by atoms with van der Waals surface area (Å²) in [5.41, 5.74) is 0.232. The van der Waals surface area contributed by atoms with E-state index in [0.717, 1.165) is 37.6 Å². The van der Waals surface area contributed by atoms with Crippen LogP contribution in [-0.2, 0) is 11.2 Å². The zero-order valence-corrected chi connectivity index (χ0v) is 15.6.